The second-order valence-electron chi connectivity index (χ2n) is 6.62. The van der Waals surface area contributed by atoms with Gasteiger partial charge in [0.2, 0.25) is 5.91 Å². The van der Waals surface area contributed by atoms with E-state index in [1.54, 1.807) is 26.2 Å². The molecule has 0 aliphatic heterocycles. The maximum absolute atomic E-state index is 13.8. The first-order valence-electron chi connectivity index (χ1n) is 9.02. The molecule has 1 atom stereocenters. The van der Waals surface area contributed by atoms with E-state index in [1.165, 1.54) is 23.9 Å². The van der Waals surface area contributed by atoms with E-state index < -0.39 is 11.1 Å². The van der Waals surface area contributed by atoms with Crippen LogP contribution in [-0.2, 0) is 4.79 Å². The Hall–Kier alpha value is -3.13. The van der Waals surface area contributed by atoms with Crippen LogP contribution < -0.4 is 10.1 Å². The number of rotatable bonds is 5. The number of para-hydroxylation sites is 1. The van der Waals surface area contributed by atoms with E-state index in [1.807, 2.05) is 35.6 Å². The zero-order valence-corrected chi connectivity index (χ0v) is 17.0. The molecular formula is C21H19FN4O2S. The van der Waals surface area contributed by atoms with Gasteiger partial charge in [0, 0.05) is 11.5 Å². The van der Waals surface area contributed by atoms with Gasteiger partial charge in [-0.3, -0.25) is 9.20 Å². The number of nitrogens with one attached hydrogen (secondary N) is 1. The minimum absolute atomic E-state index is 0.155. The number of nitrogens with zero attached hydrogens (tertiary/aromatic N) is 3. The Morgan fingerprint density at radius 1 is 1.21 bits per heavy atom. The van der Waals surface area contributed by atoms with E-state index in [0.717, 1.165) is 22.2 Å². The number of halogens is 1. The van der Waals surface area contributed by atoms with Crippen LogP contribution in [0.1, 0.15) is 12.5 Å². The molecule has 0 saturated heterocycles. The van der Waals surface area contributed by atoms with Crippen LogP contribution in [0.5, 0.6) is 5.75 Å². The summed E-state index contributed by atoms with van der Waals surface area (Å²) in [5, 5.41) is 12.3. The van der Waals surface area contributed by atoms with Gasteiger partial charge in [-0.1, -0.05) is 23.9 Å². The van der Waals surface area contributed by atoms with Crippen LogP contribution in [0, 0.1) is 12.7 Å². The average Bonchev–Trinajstić information content (AvgIpc) is 3.11. The molecule has 6 nitrogen and oxygen atoms in total. The van der Waals surface area contributed by atoms with E-state index in [4.69, 9.17) is 4.74 Å². The Balaban J connectivity index is 1.68. The number of thioether (sulfide) groups is 1. The van der Waals surface area contributed by atoms with Crippen molar-refractivity contribution in [3.63, 3.8) is 0 Å². The van der Waals surface area contributed by atoms with Gasteiger partial charge in [0.25, 0.3) is 0 Å². The van der Waals surface area contributed by atoms with Crippen molar-refractivity contribution in [3.8, 4) is 5.75 Å². The molecule has 4 aromatic rings. The predicted molar refractivity (Wildman–Crippen MR) is 112 cm³/mol. The van der Waals surface area contributed by atoms with Crippen LogP contribution >= 0.6 is 11.8 Å². The highest BCUT2D eigenvalue weighted by molar-refractivity contribution is 8.00. The molecule has 2 aromatic heterocycles. The fourth-order valence-electron chi connectivity index (χ4n) is 3.11. The van der Waals surface area contributed by atoms with Gasteiger partial charge < -0.3 is 10.1 Å². The molecule has 0 saturated carbocycles. The Labute approximate surface area is 171 Å². The molecule has 1 N–H and O–H groups in total. The van der Waals surface area contributed by atoms with Crippen molar-refractivity contribution < 1.29 is 13.9 Å². The molecule has 0 aliphatic rings. The Morgan fingerprint density at radius 2 is 2.00 bits per heavy atom. The summed E-state index contributed by atoms with van der Waals surface area (Å²) in [4.78, 5) is 12.6. The SMILES string of the molecule is COc1ccc2c(C)cc3nnc(S[C@@H](C)C(=O)Nc4ccccc4F)n3c2c1. The molecule has 0 aliphatic carbocycles. The zero-order chi connectivity index (χ0) is 20.5. The maximum Gasteiger partial charge on any atom is 0.237 e. The Bertz CT molecular complexity index is 1220. The molecule has 0 unspecified atom stereocenters. The first kappa shape index (κ1) is 19.2. The zero-order valence-electron chi connectivity index (χ0n) is 16.1. The number of fused-ring (bicyclic) bond motifs is 3. The smallest absolute Gasteiger partial charge is 0.237 e. The van der Waals surface area contributed by atoms with Crippen molar-refractivity contribution in [2.45, 2.75) is 24.3 Å². The van der Waals surface area contributed by atoms with Gasteiger partial charge >= 0.3 is 0 Å². The summed E-state index contributed by atoms with van der Waals surface area (Å²) in [6, 6.07) is 13.9. The number of ether oxygens (including phenoxy) is 1. The minimum atomic E-state index is -0.510. The number of hydrogen-bond donors (Lipinski definition) is 1. The summed E-state index contributed by atoms with van der Waals surface area (Å²) in [6.07, 6.45) is 0. The highest BCUT2D eigenvalue weighted by Crippen LogP contribution is 2.30. The van der Waals surface area contributed by atoms with Crippen LogP contribution in [0.4, 0.5) is 10.1 Å². The van der Waals surface area contributed by atoms with Gasteiger partial charge in [-0.2, -0.15) is 0 Å². The van der Waals surface area contributed by atoms with Gasteiger partial charge in [0.1, 0.15) is 11.6 Å². The molecule has 0 fully saturated rings. The van der Waals surface area contributed by atoms with Crippen LogP contribution in [-0.4, -0.2) is 32.9 Å². The minimum Gasteiger partial charge on any atom is -0.497 e. The number of benzene rings is 2. The predicted octanol–water partition coefficient (Wildman–Crippen LogP) is 4.46. The summed E-state index contributed by atoms with van der Waals surface area (Å²) in [6.45, 7) is 3.76. The molecule has 0 spiro atoms. The number of carbonyl (C=O) groups excluding carboxylic acids is 1. The number of aryl methyl sites for hydroxylation is 1. The fraction of sp³-hybridized carbons (Fsp3) is 0.190. The Morgan fingerprint density at radius 3 is 2.76 bits per heavy atom. The van der Waals surface area contributed by atoms with E-state index >= 15 is 0 Å². The molecule has 2 aromatic carbocycles. The van der Waals surface area contributed by atoms with E-state index in [9.17, 15) is 9.18 Å². The lowest BCUT2D eigenvalue weighted by Gasteiger charge is -2.13. The number of aromatic nitrogens is 3. The van der Waals surface area contributed by atoms with Crippen LogP contribution in [0.2, 0.25) is 0 Å². The largest absolute Gasteiger partial charge is 0.497 e. The van der Waals surface area contributed by atoms with Gasteiger partial charge in [0.15, 0.2) is 10.8 Å². The first-order chi connectivity index (χ1) is 14.0. The van der Waals surface area contributed by atoms with Crippen molar-refractivity contribution in [1.82, 2.24) is 14.6 Å². The normalized spacial score (nSPS) is 12.3. The third kappa shape index (κ3) is 3.63. The summed E-state index contributed by atoms with van der Waals surface area (Å²) in [7, 11) is 1.62. The Kier molecular flexibility index (Phi) is 5.10. The topological polar surface area (TPSA) is 68.5 Å². The average molecular weight is 410 g/mol. The van der Waals surface area contributed by atoms with Crippen LogP contribution in [0.15, 0.2) is 53.7 Å². The number of amides is 1. The summed E-state index contributed by atoms with van der Waals surface area (Å²) >= 11 is 1.26. The highest BCUT2D eigenvalue weighted by atomic mass is 32.2. The van der Waals surface area contributed by atoms with Crippen molar-refractivity contribution in [2.75, 3.05) is 12.4 Å². The molecule has 0 radical (unpaired) electrons. The van der Waals surface area contributed by atoms with Crippen LogP contribution in [0.3, 0.4) is 0 Å². The standard InChI is InChI=1S/C21H19FN4O2S/c1-12-10-19-24-25-21(26(19)18-11-14(28-3)8-9-15(12)18)29-13(2)20(27)23-17-7-5-4-6-16(17)22/h4-11,13H,1-3H3,(H,23,27)/t13-/m0/s1. The third-order valence-electron chi connectivity index (χ3n) is 4.66. The third-order valence-corrected chi connectivity index (χ3v) is 5.70. The molecule has 0 bridgehead atoms. The molecule has 29 heavy (non-hydrogen) atoms. The molecule has 4 rings (SSSR count). The van der Waals surface area contributed by atoms with Crippen LogP contribution in [0.25, 0.3) is 16.6 Å². The molecule has 1 amide bonds. The summed E-state index contributed by atoms with van der Waals surface area (Å²) < 4.78 is 21.1. The number of methoxy groups -OCH3 is 1. The lowest BCUT2D eigenvalue weighted by Crippen LogP contribution is -2.23. The number of pyridine rings is 1. The van der Waals surface area contributed by atoms with Crippen molar-refractivity contribution in [1.29, 1.82) is 0 Å². The molecular weight excluding hydrogens is 391 g/mol. The van der Waals surface area contributed by atoms with Gasteiger partial charge in [0.05, 0.1) is 23.6 Å². The van der Waals surface area contributed by atoms with E-state index in [2.05, 4.69) is 15.5 Å². The summed E-state index contributed by atoms with van der Waals surface area (Å²) in [5.41, 5.74) is 2.81. The van der Waals surface area contributed by atoms with E-state index in [-0.39, 0.29) is 11.6 Å². The van der Waals surface area contributed by atoms with Crippen molar-refractivity contribution in [3.05, 3.63) is 59.9 Å². The van der Waals surface area contributed by atoms with Gasteiger partial charge in [-0.15, -0.1) is 10.2 Å². The first-order valence-corrected chi connectivity index (χ1v) is 9.90. The van der Waals surface area contributed by atoms with Crippen molar-refractivity contribution in [2.24, 2.45) is 0 Å². The molecule has 8 heteroatoms. The van der Waals surface area contributed by atoms with Gasteiger partial charge in [-0.25, -0.2) is 4.39 Å². The second-order valence-corrected chi connectivity index (χ2v) is 7.92. The number of anilines is 1. The highest BCUT2D eigenvalue weighted by Gasteiger charge is 2.20. The lowest BCUT2D eigenvalue weighted by molar-refractivity contribution is -0.115. The lowest BCUT2D eigenvalue weighted by atomic mass is 10.1. The molecule has 2 heterocycles. The second kappa shape index (κ2) is 7.71. The maximum atomic E-state index is 13.8. The quantitative estimate of drug-likeness (QED) is 0.492. The van der Waals surface area contributed by atoms with E-state index in [0.29, 0.717) is 10.8 Å². The fourth-order valence-corrected chi connectivity index (χ4v) is 3.98. The number of carbonyl (C=O) groups is 1. The number of hydrogen-bond acceptors (Lipinski definition) is 5. The molecule has 148 valence electrons. The van der Waals surface area contributed by atoms with Gasteiger partial charge in [-0.05, 0) is 49.7 Å². The monoisotopic (exact) mass is 410 g/mol. The van der Waals surface area contributed by atoms with Crippen molar-refractivity contribution >= 4 is 39.9 Å². The summed E-state index contributed by atoms with van der Waals surface area (Å²) in [5.74, 6) is -0.0650.